The zero-order chi connectivity index (χ0) is 20.6. The number of amides is 5. The van der Waals surface area contributed by atoms with Crippen molar-refractivity contribution in [3.8, 4) is 0 Å². The highest BCUT2D eigenvalue weighted by Gasteiger charge is 2.55. The van der Waals surface area contributed by atoms with E-state index in [0.29, 0.717) is 23.4 Å². The summed E-state index contributed by atoms with van der Waals surface area (Å²) in [5.41, 5.74) is 5.40. The maximum atomic E-state index is 13.0. The molecule has 9 heteroatoms. The molecule has 5 amide bonds. The number of carbonyl (C=O) groups excluding carboxylic acids is 4. The van der Waals surface area contributed by atoms with Crippen molar-refractivity contribution in [2.24, 2.45) is 0 Å². The Morgan fingerprint density at radius 1 is 1.07 bits per heavy atom. The molecule has 0 aromatic heterocycles. The minimum absolute atomic E-state index is 0.297. The number of halogens is 1. The quantitative estimate of drug-likeness (QED) is 0.524. The van der Waals surface area contributed by atoms with Gasteiger partial charge in [0.25, 0.3) is 17.7 Å². The molecule has 0 bridgehead atoms. The first-order chi connectivity index (χ1) is 13.9. The third kappa shape index (κ3) is 3.31. The molecule has 1 saturated heterocycles. The van der Waals surface area contributed by atoms with Crippen molar-refractivity contribution < 1.29 is 19.2 Å². The predicted molar refractivity (Wildman–Crippen MR) is 104 cm³/mol. The average molecular weight is 413 g/mol. The van der Waals surface area contributed by atoms with Gasteiger partial charge in [0.05, 0.1) is 0 Å². The summed E-state index contributed by atoms with van der Waals surface area (Å²) in [5, 5.41) is 3.22. The van der Waals surface area contributed by atoms with E-state index in [0.717, 1.165) is 16.0 Å². The molecule has 2 aliphatic rings. The van der Waals surface area contributed by atoms with E-state index in [1.54, 1.807) is 12.1 Å². The molecule has 2 aromatic carbocycles. The van der Waals surface area contributed by atoms with Gasteiger partial charge >= 0.3 is 6.03 Å². The fraction of sp³-hybridized carbons (Fsp3) is 0.200. The van der Waals surface area contributed by atoms with E-state index in [1.807, 2.05) is 24.3 Å². The molecule has 1 aliphatic carbocycles. The van der Waals surface area contributed by atoms with Gasteiger partial charge in [0.15, 0.2) is 0 Å². The van der Waals surface area contributed by atoms with Gasteiger partial charge in [-0.2, -0.15) is 0 Å². The van der Waals surface area contributed by atoms with E-state index in [-0.39, 0.29) is 0 Å². The van der Waals surface area contributed by atoms with E-state index in [4.69, 9.17) is 11.6 Å². The molecule has 29 heavy (non-hydrogen) atoms. The number of urea groups is 1. The maximum Gasteiger partial charge on any atom is 0.325 e. The van der Waals surface area contributed by atoms with Gasteiger partial charge in [-0.05, 0) is 48.2 Å². The third-order valence-electron chi connectivity index (χ3n) is 5.15. The van der Waals surface area contributed by atoms with Crippen LogP contribution >= 0.6 is 11.6 Å². The van der Waals surface area contributed by atoms with E-state index >= 15 is 0 Å². The summed E-state index contributed by atoms with van der Waals surface area (Å²) in [5.74, 6) is -1.71. The highest BCUT2D eigenvalue weighted by molar-refractivity contribution is 6.30. The van der Waals surface area contributed by atoms with Gasteiger partial charge in [0.2, 0.25) is 0 Å². The number of carbonyl (C=O) groups is 4. The van der Waals surface area contributed by atoms with E-state index in [1.165, 1.54) is 12.1 Å². The first-order valence-electron chi connectivity index (χ1n) is 8.98. The number of benzene rings is 2. The number of hydrogen-bond acceptors (Lipinski definition) is 4. The smallest absolute Gasteiger partial charge is 0.319 e. The number of nitrogens with one attached hydrogen (secondary N) is 3. The van der Waals surface area contributed by atoms with Crippen molar-refractivity contribution in [3.63, 3.8) is 0 Å². The Balaban J connectivity index is 1.40. The molecule has 3 N–H and O–H groups in total. The molecular weight excluding hydrogens is 396 g/mol. The molecule has 1 fully saturated rings. The molecule has 1 atom stereocenters. The second-order valence-electron chi connectivity index (χ2n) is 6.89. The number of fused-ring (bicyclic) bond motifs is 2. The molecule has 0 saturated carbocycles. The van der Waals surface area contributed by atoms with Crippen molar-refractivity contribution >= 4 is 35.4 Å². The maximum absolute atomic E-state index is 13.0. The van der Waals surface area contributed by atoms with E-state index in [2.05, 4.69) is 16.2 Å². The summed E-state index contributed by atoms with van der Waals surface area (Å²) >= 11 is 5.77. The van der Waals surface area contributed by atoms with Crippen LogP contribution < -0.4 is 16.2 Å². The summed E-state index contributed by atoms with van der Waals surface area (Å²) in [7, 11) is 0. The Morgan fingerprint density at radius 2 is 1.79 bits per heavy atom. The lowest BCUT2D eigenvalue weighted by molar-refractivity contribution is -0.135. The fourth-order valence-corrected chi connectivity index (χ4v) is 3.84. The van der Waals surface area contributed by atoms with Crippen molar-refractivity contribution in [2.75, 3.05) is 6.54 Å². The van der Waals surface area contributed by atoms with Crippen LogP contribution in [0.25, 0.3) is 0 Å². The second-order valence-corrected chi connectivity index (χ2v) is 7.33. The zero-order valence-electron chi connectivity index (χ0n) is 15.2. The lowest BCUT2D eigenvalue weighted by atomic mass is 9.92. The molecule has 4 rings (SSSR count). The van der Waals surface area contributed by atoms with Gasteiger partial charge in [-0.1, -0.05) is 35.9 Å². The number of aryl methyl sites for hydroxylation is 1. The number of nitrogens with zero attached hydrogens (tertiary/aromatic N) is 1. The molecule has 0 radical (unpaired) electrons. The van der Waals surface area contributed by atoms with Crippen molar-refractivity contribution in [1.82, 2.24) is 21.1 Å². The lowest BCUT2D eigenvalue weighted by Crippen LogP contribution is -2.48. The molecule has 1 aliphatic heterocycles. The monoisotopic (exact) mass is 412 g/mol. The largest absolute Gasteiger partial charge is 0.325 e. The predicted octanol–water partition coefficient (Wildman–Crippen LogP) is 1.49. The number of imide groups is 1. The van der Waals surface area contributed by atoms with Crippen molar-refractivity contribution in [2.45, 2.75) is 18.4 Å². The van der Waals surface area contributed by atoms with Gasteiger partial charge in [0.1, 0.15) is 12.1 Å². The Morgan fingerprint density at radius 3 is 2.55 bits per heavy atom. The summed E-state index contributed by atoms with van der Waals surface area (Å²) in [6.07, 6.45) is 1.11. The van der Waals surface area contributed by atoms with Gasteiger partial charge < -0.3 is 5.32 Å². The van der Waals surface area contributed by atoms with Crippen molar-refractivity contribution in [1.29, 1.82) is 0 Å². The van der Waals surface area contributed by atoms with Crippen molar-refractivity contribution in [3.05, 3.63) is 70.2 Å². The SMILES string of the molecule is O=C(CN1C(=O)NC2(CCc3ccccc32)C1=O)NNC(=O)c1ccc(Cl)cc1. The Labute approximate surface area is 171 Å². The Bertz CT molecular complexity index is 1020. The van der Waals surface area contributed by atoms with Gasteiger partial charge in [0, 0.05) is 10.6 Å². The molecule has 1 unspecified atom stereocenters. The van der Waals surface area contributed by atoms with Crippen LogP contribution in [0.5, 0.6) is 0 Å². The van der Waals surface area contributed by atoms with Crippen LogP contribution in [0.15, 0.2) is 48.5 Å². The van der Waals surface area contributed by atoms with Gasteiger partial charge in [-0.15, -0.1) is 0 Å². The van der Waals surface area contributed by atoms with Crippen LogP contribution in [0, 0.1) is 0 Å². The van der Waals surface area contributed by atoms with Crippen LogP contribution in [-0.2, 0) is 21.5 Å². The minimum atomic E-state index is -1.12. The average Bonchev–Trinajstić information content (AvgIpc) is 3.20. The van der Waals surface area contributed by atoms with Crippen LogP contribution in [0.2, 0.25) is 5.02 Å². The highest BCUT2D eigenvalue weighted by atomic mass is 35.5. The van der Waals surface area contributed by atoms with Crippen LogP contribution in [-0.4, -0.2) is 35.2 Å². The standard InChI is InChI=1S/C20H17ClN4O4/c21-14-7-5-13(6-8-14)17(27)24-23-16(26)11-25-18(28)20(22-19(25)29)10-9-12-3-1-2-4-15(12)20/h1-8H,9-11H2,(H,22,29)(H,23,26)(H,24,27). The summed E-state index contributed by atoms with van der Waals surface area (Å²) in [6, 6.07) is 12.9. The molecule has 148 valence electrons. The van der Waals surface area contributed by atoms with Gasteiger partial charge in [-0.25, -0.2) is 4.79 Å². The molecule has 1 spiro atoms. The fourth-order valence-electron chi connectivity index (χ4n) is 3.72. The Hall–Kier alpha value is -3.39. The van der Waals surface area contributed by atoms with Gasteiger partial charge in [-0.3, -0.25) is 30.1 Å². The van der Waals surface area contributed by atoms with Crippen LogP contribution in [0.3, 0.4) is 0 Å². The van der Waals surface area contributed by atoms with E-state index in [9.17, 15) is 19.2 Å². The first kappa shape index (κ1) is 18.9. The summed E-state index contributed by atoms with van der Waals surface area (Å²) in [4.78, 5) is 50.5. The molecular formula is C20H17ClN4O4. The third-order valence-corrected chi connectivity index (χ3v) is 5.40. The summed E-state index contributed by atoms with van der Waals surface area (Å²) in [6.45, 7) is -0.504. The Kier molecular flexibility index (Phi) is 4.71. The van der Waals surface area contributed by atoms with Crippen LogP contribution in [0.1, 0.15) is 27.9 Å². The number of hydrogen-bond donors (Lipinski definition) is 3. The summed E-state index contributed by atoms with van der Waals surface area (Å²) < 4.78 is 0. The lowest BCUT2D eigenvalue weighted by Gasteiger charge is -2.22. The minimum Gasteiger partial charge on any atom is -0.319 e. The van der Waals surface area contributed by atoms with E-state index < -0.39 is 35.8 Å². The first-order valence-corrected chi connectivity index (χ1v) is 9.36. The highest BCUT2D eigenvalue weighted by Crippen LogP contribution is 2.41. The topological polar surface area (TPSA) is 108 Å². The molecule has 2 aromatic rings. The number of hydrazine groups is 1. The number of rotatable bonds is 3. The normalized spacial score (nSPS) is 19.8. The van der Waals surface area contributed by atoms with Crippen LogP contribution in [0.4, 0.5) is 4.79 Å². The second kappa shape index (κ2) is 7.21. The molecule has 8 nitrogen and oxygen atoms in total. The zero-order valence-corrected chi connectivity index (χ0v) is 16.0. The molecule has 1 heterocycles.